The van der Waals surface area contributed by atoms with E-state index < -0.39 is 0 Å². The first-order valence-corrected chi connectivity index (χ1v) is 4.29. The first kappa shape index (κ1) is 6.77. The lowest BCUT2D eigenvalue weighted by Gasteiger charge is -2.09. The van der Waals surface area contributed by atoms with Crippen LogP contribution >= 0.6 is 0 Å². The monoisotopic (exact) mass is 150 g/mol. The summed E-state index contributed by atoms with van der Waals surface area (Å²) in [4.78, 5) is 0. The second kappa shape index (κ2) is 2.61. The van der Waals surface area contributed by atoms with E-state index in [2.05, 4.69) is 10.8 Å². The highest BCUT2D eigenvalue weighted by atomic mass is 15.0. The van der Waals surface area contributed by atoms with E-state index in [1.165, 1.54) is 25.7 Å². The number of nitrogens with two attached hydrogens (primary N) is 1. The lowest BCUT2D eigenvalue weighted by atomic mass is 10.2. The molecule has 0 atom stereocenters. The molecule has 0 radical (unpaired) electrons. The Balaban J connectivity index is 2.15. The van der Waals surface area contributed by atoms with Crippen LogP contribution in [0.1, 0.15) is 31.7 Å². The quantitative estimate of drug-likeness (QED) is 0.653. The van der Waals surface area contributed by atoms with Crippen LogP contribution in [-0.4, -0.2) is 4.57 Å². The van der Waals surface area contributed by atoms with E-state index in [9.17, 15) is 0 Å². The molecule has 11 heavy (non-hydrogen) atoms. The van der Waals surface area contributed by atoms with Crippen LogP contribution in [0.3, 0.4) is 0 Å². The van der Waals surface area contributed by atoms with Gasteiger partial charge in [0.1, 0.15) is 0 Å². The summed E-state index contributed by atoms with van der Waals surface area (Å²) in [6, 6.07) is 2.70. The fraction of sp³-hybridized carbons (Fsp3) is 0.556. The van der Waals surface area contributed by atoms with Crippen LogP contribution in [0, 0.1) is 0 Å². The van der Waals surface area contributed by atoms with Crippen LogP contribution < -0.4 is 5.73 Å². The Labute approximate surface area is 67.0 Å². The molecule has 1 aromatic rings. The van der Waals surface area contributed by atoms with Gasteiger partial charge in [0.15, 0.2) is 0 Å². The molecule has 2 N–H and O–H groups in total. The van der Waals surface area contributed by atoms with Gasteiger partial charge >= 0.3 is 0 Å². The molecule has 0 amide bonds. The van der Waals surface area contributed by atoms with Crippen LogP contribution in [0.15, 0.2) is 18.5 Å². The number of nitrogen functional groups attached to an aromatic ring is 1. The number of hydrogen-bond donors (Lipinski definition) is 1. The predicted molar refractivity (Wildman–Crippen MR) is 46.3 cm³/mol. The topological polar surface area (TPSA) is 30.9 Å². The van der Waals surface area contributed by atoms with Gasteiger partial charge in [0.05, 0.1) is 0 Å². The highest BCUT2D eigenvalue weighted by Gasteiger charge is 2.15. The van der Waals surface area contributed by atoms with Crippen molar-refractivity contribution in [2.75, 3.05) is 5.73 Å². The minimum Gasteiger partial charge on any atom is -0.398 e. The summed E-state index contributed by atoms with van der Waals surface area (Å²) in [5, 5.41) is 0. The third-order valence-electron chi connectivity index (χ3n) is 2.48. The van der Waals surface area contributed by atoms with Crippen LogP contribution in [0.5, 0.6) is 0 Å². The number of rotatable bonds is 1. The Kier molecular flexibility index (Phi) is 1.60. The number of hydrogen-bond acceptors (Lipinski definition) is 1. The number of anilines is 1. The first-order chi connectivity index (χ1) is 5.36. The summed E-state index contributed by atoms with van der Waals surface area (Å²) in [6.45, 7) is 0. The molecule has 0 unspecified atom stereocenters. The minimum absolute atomic E-state index is 0.729. The van der Waals surface area contributed by atoms with E-state index in [1.807, 2.05) is 12.3 Å². The van der Waals surface area contributed by atoms with Crippen LogP contribution in [-0.2, 0) is 0 Å². The Morgan fingerprint density at radius 2 is 2.09 bits per heavy atom. The number of aromatic nitrogens is 1. The lowest BCUT2D eigenvalue weighted by Crippen LogP contribution is -2.00. The average Bonchev–Trinajstić information content (AvgIpc) is 2.55. The maximum absolute atomic E-state index is 5.63. The van der Waals surface area contributed by atoms with Gasteiger partial charge in [-0.05, 0) is 18.9 Å². The van der Waals surface area contributed by atoms with Gasteiger partial charge in [0.25, 0.3) is 0 Å². The van der Waals surface area contributed by atoms with Gasteiger partial charge in [-0.1, -0.05) is 12.8 Å². The van der Waals surface area contributed by atoms with Crippen molar-refractivity contribution in [2.45, 2.75) is 31.7 Å². The molecule has 1 saturated carbocycles. The fourth-order valence-corrected chi connectivity index (χ4v) is 1.86. The van der Waals surface area contributed by atoms with Crippen molar-refractivity contribution in [3.05, 3.63) is 18.5 Å². The van der Waals surface area contributed by atoms with Gasteiger partial charge in [0.2, 0.25) is 0 Å². The highest BCUT2D eigenvalue weighted by molar-refractivity contribution is 5.34. The van der Waals surface area contributed by atoms with Crippen molar-refractivity contribution in [1.29, 1.82) is 0 Å². The molecule has 60 valence electrons. The fourth-order valence-electron chi connectivity index (χ4n) is 1.86. The lowest BCUT2D eigenvalue weighted by molar-refractivity contribution is 0.521. The van der Waals surface area contributed by atoms with E-state index in [0.29, 0.717) is 0 Å². The molecule has 1 heterocycles. The molecule has 0 aliphatic heterocycles. The Morgan fingerprint density at radius 1 is 1.36 bits per heavy atom. The molecule has 0 bridgehead atoms. The first-order valence-electron chi connectivity index (χ1n) is 4.29. The molecular weight excluding hydrogens is 136 g/mol. The predicted octanol–water partition coefficient (Wildman–Crippen LogP) is 2.19. The van der Waals surface area contributed by atoms with Crippen LogP contribution in [0.2, 0.25) is 0 Å². The third-order valence-corrected chi connectivity index (χ3v) is 2.48. The molecule has 1 aliphatic carbocycles. The molecule has 1 aliphatic rings. The minimum atomic E-state index is 0.729. The van der Waals surface area contributed by atoms with Gasteiger partial charge in [-0.3, -0.25) is 0 Å². The largest absolute Gasteiger partial charge is 0.398 e. The van der Waals surface area contributed by atoms with Gasteiger partial charge in [-0.2, -0.15) is 0 Å². The van der Waals surface area contributed by atoms with E-state index in [4.69, 9.17) is 5.73 Å². The van der Waals surface area contributed by atoms with Crippen LogP contribution in [0.25, 0.3) is 0 Å². The summed E-state index contributed by atoms with van der Waals surface area (Å²) < 4.78 is 2.25. The highest BCUT2D eigenvalue weighted by Crippen LogP contribution is 2.29. The molecule has 2 heteroatoms. The molecule has 2 nitrogen and oxygen atoms in total. The second-order valence-corrected chi connectivity index (χ2v) is 3.33. The average molecular weight is 150 g/mol. The van der Waals surface area contributed by atoms with Gasteiger partial charge in [-0.15, -0.1) is 0 Å². The summed E-state index contributed by atoms with van der Waals surface area (Å²) in [5.41, 5.74) is 6.51. The van der Waals surface area contributed by atoms with E-state index >= 15 is 0 Å². The molecule has 0 aromatic carbocycles. The van der Waals surface area contributed by atoms with E-state index in [1.54, 1.807) is 0 Å². The molecule has 0 spiro atoms. The van der Waals surface area contributed by atoms with Crippen molar-refractivity contribution < 1.29 is 0 Å². The van der Waals surface area contributed by atoms with Crippen molar-refractivity contribution in [2.24, 2.45) is 0 Å². The number of nitrogens with zero attached hydrogens (tertiary/aromatic N) is 1. The van der Waals surface area contributed by atoms with Gasteiger partial charge in [-0.25, -0.2) is 0 Å². The second-order valence-electron chi connectivity index (χ2n) is 3.33. The third kappa shape index (κ3) is 1.25. The normalized spacial score (nSPS) is 19.3. The standard InChI is InChI=1S/C9H14N2/c10-8-5-6-11(7-8)9-3-1-2-4-9/h5-7,9H,1-4,10H2. The zero-order valence-electron chi connectivity index (χ0n) is 6.66. The van der Waals surface area contributed by atoms with E-state index in [-0.39, 0.29) is 0 Å². The molecule has 2 rings (SSSR count). The SMILES string of the molecule is Nc1ccn(C2CCCC2)c1. The summed E-state index contributed by atoms with van der Waals surface area (Å²) in [7, 11) is 0. The zero-order valence-corrected chi connectivity index (χ0v) is 6.66. The molecule has 1 aromatic heterocycles. The Bertz CT molecular complexity index is 233. The van der Waals surface area contributed by atoms with E-state index in [0.717, 1.165) is 11.7 Å². The summed E-state index contributed by atoms with van der Waals surface area (Å²) in [5.74, 6) is 0. The molecule has 0 saturated heterocycles. The van der Waals surface area contributed by atoms with Crippen molar-refractivity contribution in [3.8, 4) is 0 Å². The Morgan fingerprint density at radius 3 is 2.64 bits per heavy atom. The maximum Gasteiger partial charge on any atom is 0.0493 e. The van der Waals surface area contributed by atoms with Crippen molar-refractivity contribution in [3.63, 3.8) is 0 Å². The zero-order chi connectivity index (χ0) is 7.68. The van der Waals surface area contributed by atoms with Crippen LogP contribution in [0.4, 0.5) is 5.69 Å². The van der Waals surface area contributed by atoms with Crippen molar-refractivity contribution >= 4 is 5.69 Å². The summed E-state index contributed by atoms with van der Waals surface area (Å²) in [6.07, 6.45) is 9.54. The van der Waals surface area contributed by atoms with Gasteiger partial charge in [0, 0.05) is 24.1 Å². The molecular formula is C9H14N2. The summed E-state index contributed by atoms with van der Waals surface area (Å²) >= 11 is 0. The molecule has 1 fully saturated rings. The maximum atomic E-state index is 5.63. The van der Waals surface area contributed by atoms with Gasteiger partial charge < -0.3 is 10.3 Å². The smallest absolute Gasteiger partial charge is 0.0493 e. The Hall–Kier alpha value is -0.920. The van der Waals surface area contributed by atoms with Crippen molar-refractivity contribution in [1.82, 2.24) is 4.57 Å².